The molecular formula is C18H22N3O4-. The Bertz CT molecular complexity index is 847. The van der Waals surface area contributed by atoms with Crippen LogP contribution in [0.15, 0.2) is 35.1 Å². The summed E-state index contributed by atoms with van der Waals surface area (Å²) in [6, 6.07) is 9.10. The number of aliphatic carboxylic acids is 1. The first-order valence-electron chi connectivity index (χ1n) is 7.96. The van der Waals surface area contributed by atoms with Gasteiger partial charge in [0, 0.05) is 19.4 Å². The zero-order valence-corrected chi connectivity index (χ0v) is 14.8. The number of carboxylic acid groups (broad SMARTS) is 1. The van der Waals surface area contributed by atoms with E-state index < -0.39 is 17.3 Å². The van der Waals surface area contributed by atoms with Crippen LogP contribution in [0.5, 0.6) is 0 Å². The zero-order valence-electron chi connectivity index (χ0n) is 14.8. The normalized spacial score (nSPS) is 11.4. The standard InChI is InChI=1S/C18H23N3O4/c1-12-16(19-14(22)10-18(2,3)11-15(23)24)17(25)21(20(12)4)13-8-6-5-7-9-13/h5-9H,10-11H2,1-4H3,(H,19,22)(H,23,24)/p-1. The summed E-state index contributed by atoms with van der Waals surface area (Å²) >= 11 is 0. The molecule has 0 aliphatic rings. The lowest BCUT2D eigenvalue weighted by Gasteiger charge is -2.24. The van der Waals surface area contributed by atoms with Gasteiger partial charge >= 0.3 is 0 Å². The van der Waals surface area contributed by atoms with Crippen LogP contribution in [0.1, 0.15) is 32.4 Å². The second-order valence-electron chi connectivity index (χ2n) is 6.87. The molecule has 1 aromatic carbocycles. The van der Waals surface area contributed by atoms with E-state index in [2.05, 4.69) is 5.32 Å². The number of amides is 1. The number of hydrogen-bond acceptors (Lipinski definition) is 4. The number of anilines is 1. The van der Waals surface area contributed by atoms with E-state index in [4.69, 9.17) is 0 Å². The van der Waals surface area contributed by atoms with Crippen LogP contribution in [-0.2, 0) is 16.6 Å². The van der Waals surface area contributed by atoms with Crippen LogP contribution < -0.4 is 16.0 Å². The van der Waals surface area contributed by atoms with E-state index in [1.807, 2.05) is 18.2 Å². The molecule has 0 spiro atoms. The second kappa shape index (κ2) is 6.96. The average Bonchev–Trinajstić information content (AvgIpc) is 2.70. The third kappa shape index (κ3) is 4.17. The third-order valence-corrected chi connectivity index (χ3v) is 4.08. The van der Waals surface area contributed by atoms with Crippen molar-refractivity contribution in [3.63, 3.8) is 0 Å². The molecule has 1 amide bonds. The van der Waals surface area contributed by atoms with E-state index in [9.17, 15) is 19.5 Å². The van der Waals surface area contributed by atoms with Gasteiger partial charge in [-0.15, -0.1) is 0 Å². The Labute approximate surface area is 145 Å². The fourth-order valence-corrected chi connectivity index (χ4v) is 2.78. The molecule has 0 atom stereocenters. The van der Waals surface area contributed by atoms with Crippen molar-refractivity contribution >= 4 is 17.6 Å². The molecule has 0 fully saturated rings. The van der Waals surface area contributed by atoms with Crippen LogP contribution in [0.3, 0.4) is 0 Å². The molecule has 7 nitrogen and oxygen atoms in total. The summed E-state index contributed by atoms with van der Waals surface area (Å²) in [4.78, 5) is 35.8. The van der Waals surface area contributed by atoms with Crippen LogP contribution in [0.25, 0.3) is 5.69 Å². The minimum Gasteiger partial charge on any atom is -0.550 e. The second-order valence-corrected chi connectivity index (χ2v) is 6.87. The van der Waals surface area contributed by atoms with Gasteiger partial charge in [-0.05, 0) is 30.9 Å². The Morgan fingerprint density at radius 2 is 1.76 bits per heavy atom. The maximum atomic E-state index is 12.7. The highest BCUT2D eigenvalue weighted by Crippen LogP contribution is 2.25. The third-order valence-electron chi connectivity index (χ3n) is 4.08. The van der Waals surface area contributed by atoms with Gasteiger partial charge in [-0.1, -0.05) is 32.0 Å². The Morgan fingerprint density at radius 1 is 1.16 bits per heavy atom. The Morgan fingerprint density at radius 3 is 2.32 bits per heavy atom. The van der Waals surface area contributed by atoms with Gasteiger partial charge in [0.1, 0.15) is 5.69 Å². The van der Waals surface area contributed by atoms with Crippen LogP contribution in [-0.4, -0.2) is 21.2 Å². The van der Waals surface area contributed by atoms with Crippen molar-refractivity contribution in [2.45, 2.75) is 33.6 Å². The molecule has 0 unspecified atom stereocenters. The molecule has 0 aliphatic carbocycles. The average molecular weight is 344 g/mol. The number of nitrogens with one attached hydrogen (secondary N) is 1. The monoisotopic (exact) mass is 344 g/mol. The maximum Gasteiger partial charge on any atom is 0.295 e. The van der Waals surface area contributed by atoms with E-state index in [0.29, 0.717) is 11.4 Å². The molecule has 134 valence electrons. The molecule has 0 bridgehead atoms. The molecule has 1 aromatic heterocycles. The number of nitrogens with zero attached hydrogens (tertiary/aromatic N) is 2. The van der Waals surface area contributed by atoms with Crippen LogP contribution in [0.2, 0.25) is 0 Å². The number of benzene rings is 1. The van der Waals surface area contributed by atoms with Gasteiger partial charge in [0.05, 0.1) is 11.4 Å². The highest BCUT2D eigenvalue weighted by Gasteiger charge is 2.24. The highest BCUT2D eigenvalue weighted by atomic mass is 16.4. The quantitative estimate of drug-likeness (QED) is 0.845. The first kappa shape index (κ1) is 18.5. The van der Waals surface area contributed by atoms with Crippen molar-refractivity contribution in [1.29, 1.82) is 0 Å². The number of para-hydroxylation sites is 1. The van der Waals surface area contributed by atoms with Crippen LogP contribution in [0.4, 0.5) is 5.69 Å². The van der Waals surface area contributed by atoms with Gasteiger partial charge in [-0.3, -0.25) is 14.3 Å². The van der Waals surface area contributed by atoms with E-state index in [1.54, 1.807) is 44.6 Å². The van der Waals surface area contributed by atoms with Gasteiger partial charge in [0.25, 0.3) is 5.56 Å². The Kier molecular flexibility index (Phi) is 5.15. The van der Waals surface area contributed by atoms with E-state index in [1.165, 1.54) is 4.68 Å². The Hall–Kier alpha value is -2.83. The topological polar surface area (TPSA) is 96.2 Å². The smallest absolute Gasteiger partial charge is 0.295 e. The van der Waals surface area contributed by atoms with E-state index >= 15 is 0 Å². The lowest BCUT2D eigenvalue weighted by molar-refractivity contribution is -0.307. The summed E-state index contributed by atoms with van der Waals surface area (Å²) in [6.45, 7) is 5.08. The first-order chi connectivity index (χ1) is 11.6. The minimum atomic E-state index is -1.21. The predicted octanol–water partition coefficient (Wildman–Crippen LogP) is 0.979. The molecule has 7 heteroatoms. The van der Waals surface area contributed by atoms with Gasteiger partial charge in [0.15, 0.2) is 0 Å². The molecule has 2 aromatic rings. The lowest BCUT2D eigenvalue weighted by atomic mass is 9.85. The first-order valence-corrected chi connectivity index (χ1v) is 7.96. The van der Waals surface area contributed by atoms with Crippen molar-refractivity contribution < 1.29 is 14.7 Å². The SMILES string of the molecule is Cc1c(NC(=O)CC(C)(C)CC(=O)[O-])c(=O)n(-c2ccccc2)n1C. The van der Waals surface area contributed by atoms with Gasteiger partial charge in [0.2, 0.25) is 5.91 Å². The largest absolute Gasteiger partial charge is 0.550 e. The predicted molar refractivity (Wildman–Crippen MR) is 92.4 cm³/mol. The fraction of sp³-hybridized carbons (Fsp3) is 0.389. The highest BCUT2D eigenvalue weighted by molar-refractivity contribution is 5.91. The van der Waals surface area contributed by atoms with E-state index in [-0.39, 0.29) is 24.1 Å². The van der Waals surface area contributed by atoms with Gasteiger partial charge in [-0.2, -0.15) is 0 Å². The molecule has 25 heavy (non-hydrogen) atoms. The number of carbonyl (C=O) groups excluding carboxylic acids is 2. The number of carboxylic acids is 1. The number of carbonyl (C=O) groups is 2. The molecular weight excluding hydrogens is 322 g/mol. The molecule has 1 heterocycles. The lowest BCUT2D eigenvalue weighted by Crippen LogP contribution is -2.32. The Balaban J connectivity index is 2.28. The number of aromatic nitrogens is 2. The summed E-state index contributed by atoms with van der Waals surface area (Å²) in [7, 11) is 1.74. The minimum absolute atomic E-state index is 0.0277. The summed E-state index contributed by atoms with van der Waals surface area (Å²) in [5.41, 5.74) is 0.401. The van der Waals surface area contributed by atoms with Gasteiger partial charge in [-0.25, -0.2) is 4.68 Å². The molecule has 0 saturated carbocycles. The maximum absolute atomic E-state index is 12.7. The van der Waals surface area contributed by atoms with Crippen LogP contribution >= 0.6 is 0 Å². The summed E-state index contributed by atoms with van der Waals surface area (Å²) < 4.78 is 3.14. The van der Waals surface area contributed by atoms with Gasteiger partial charge < -0.3 is 15.2 Å². The number of hydrogen-bond donors (Lipinski definition) is 1. The fourth-order valence-electron chi connectivity index (χ4n) is 2.78. The van der Waals surface area contributed by atoms with Crippen molar-refractivity contribution in [3.05, 3.63) is 46.4 Å². The van der Waals surface area contributed by atoms with Crippen molar-refractivity contribution in [2.24, 2.45) is 12.5 Å². The van der Waals surface area contributed by atoms with Crippen molar-refractivity contribution in [2.75, 3.05) is 5.32 Å². The van der Waals surface area contributed by atoms with E-state index in [0.717, 1.165) is 0 Å². The molecule has 0 radical (unpaired) electrons. The summed E-state index contributed by atoms with van der Waals surface area (Å²) in [5, 5.41) is 13.4. The van der Waals surface area contributed by atoms with Crippen molar-refractivity contribution in [3.8, 4) is 5.69 Å². The van der Waals surface area contributed by atoms with Crippen molar-refractivity contribution in [1.82, 2.24) is 9.36 Å². The molecule has 1 N–H and O–H groups in total. The zero-order chi connectivity index (χ0) is 18.8. The summed E-state index contributed by atoms with van der Waals surface area (Å²) in [5.74, 6) is -1.61. The summed E-state index contributed by atoms with van der Waals surface area (Å²) in [6.07, 6.45) is -0.261. The van der Waals surface area contributed by atoms with Crippen LogP contribution in [0, 0.1) is 12.3 Å². The molecule has 0 saturated heterocycles. The molecule has 0 aliphatic heterocycles. The molecule has 2 rings (SSSR count). The number of rotatable bonds is 6.